The van der Waals surface area contributed by atoms with E-state index in [0.717, 1.165) is 5.56 Å². The van der Waals surface area contributed by atoms with Crippen LogP contribution in [0, 0.1) is 0 Å². The van der Waals surface area contributed by atoms with Crippen LogP contribution in [-0.2, 0) is 20.7 Å². The standard InChI is InChI=1S/C13H18N2O3.ClH/c1-18-13(17)11(15-12(16)7-8-14)9-10-5-3-2-4-6-10;/h2-6,11H,7-9,14H2,1H3,(H,15,16);1H. The van der Waals surface area contributed by atoms with Gasteiger partial charge in [-0.25, -0.2) is 4.79 Å². The molecule has 1 aromatic carbocycles. The van der Waals surface area contributed by atoms with Crippen molar-refractivity contribution in [3.63, 3.8) is 0 Å². The highest BCUT2D eigenvalue weighted by Gasteiger charge is 2.21. The molecule has 19 heavy (non-hydrogen) atoms. The normalized spacial score (nSPS) is 11.1. The molecule has 0 spiro atoms. The van der Waals surface area contributed by atoms with E-state index >= 15 is 0 Å². The fourth-order valence-corrected chi connectivity index (χ4v) is 1.58. The maximum Gasteiger partial charge on any atom is 0.328 e. The second-order valence-corrected chi connectivity index (χ2v) is 3.87. The van der Waals surface area contributed by atoms with Gasteiger partial charge in [-0.15, -0.1) is 12.4 Å². The Labute approximate surface area is 118 Å². The van der Waals surface area contributed by atoms with Crippen LogP contribution in [0.3, 0.4) is 0 Å². The second-order valence-electron chi connectivity index (χ2n) is 3.87. The summed E-state index contributed by atoms with van der Waals surface area (Å²) in [5, 5.41) is 2.62. The van der Waals surface area contributed by atoms with Crippen molar-refractivity contribution in [3.8, 4) is 0 Å². The average Bonchev–Trinajstić information content (AvgIpc) is 2.38. The molecule has 0 bridgehead atoms. The summed E-state index contributed by atoms with van der Waals surface area (Å²) in [6.07, 6.45) is 0.603. The zero-order valence-corrected chi connectivity index (χ0v) is 11.6. The molecule has 0 aromatic heterocycles. The van der Waals surface area contributed by atoms with E-state index in [1.807, 2.05) is 30.3 Å². The minimum absolute atomic E-state index is 0. The molecule has 1 rings (SSSR count). The first-order valence-corrected chi connectivity index (χ1v) is 5.78. The van der Waals surface area contributed by atoms with Crippen molar-refractivity contribution in [2.75, 3.05) is 13.7 Å². The molecule has 3 N–H and O–H groups in total. The highest BCUT2D eigenvalue weighted by molar-refractivity contribution is 5.85. The summed E-state index contributed by atoms with van der Waals surface area (Å²) in [5.41, 5.74) is 6.25. The Balaban J connectivity index is 0.00000324. The van der Waals surface area contributed by atoms with Crippen LogP contribution in [0.4, 0.5) is 0 Å². The third-order valence-corrected chi connectivity index (χ3v) is 2.47. The van der Waals surface area contributed by atoms with Crippen LogP contribution in [0.5, 0.6) is 0 Å². The number of ether oxygens (including phenoxy) is 1. The number of hydrogen-bond acceptors (Lipinski definition) is 4. The minimum Gasteiger partial charge on any atom is -0.467 e. The molecule has 1 aromatic rings. The van der Waals surface area contributed by atoms with Gasteiger partial charge >= 0.3 is 5.97 Å². The van der Waals surface area contributed by atoms with Crippen molar-refractivity contribution < 1.29 is 14.3 Å². The number of rotatable bonds is 6. The summed E-state index contributed by atoms with van der Waals surface area (Å²) in [7, 11) is 1.30. The summed E-state index contributed by atoms with van der Waals surface area (Å²) in [4.78, 5) is 23.1. The number of methoxy groups -OCH3 is 1. The molecule has 5 nitrogen and oxygen atoms in total. The first-order valence-electron chi connectivity index (χ1n) is 5.78. The van der Waals surface area contributed by atoms with E-state index in [4.69, 9.17) is 5.73 Å². The number of carbonyl (C=O) groups excluding carboxylic acids is 2. The fraction of sp³-hybridized carbons (Fsp3) is 0.385. The van der Waals surface area contributed by atoms with Crippen LogP contribution in [0.25, 0.3) is 0 Å². The number of nitrogens with two attached hydrogens (primary N) is 1. The van der Waals surface area contributed by atoms with E-state index in [-0.39, 0.29) is 31.3 Å². The summed E-state index contributed by atoms with van der Waals surface area (Å²) in [6, 6.07) is 8.77. The predicted molar refractivity (Wildman–Crippen MR) is 75.0 cm³/mol. The monoisotopic (exact) mass is 286 g/mol. The highest BCUT2D eigenvalue weighted by atomic mass is 35.5. The first kappa shape index (κ1) is 17.4. The summed E-state index contributed by atoms with van der Waals surface area (Å²) in [6.45, 7) is 0.255. The van der Waals surface area contributed by atoms with Gasteiger partial charge in [-0.2, -0.15) is 0 Å². The quantitative estimate of drug-likeness (QED) is 0.753. The van der Waals surface area contributed by atoms with E-state index in [1.54, 1.807) is 0 Å². The fourth-order valence-electron chi connectivity index (χ4n) is 1.58. The molecule has 1 amide bonds. The third kappa shape index (κ3) is 6.22. The van der Waals surface area contributed by atoms with Crippen molar-refractivity contribution in [2.45, 2.75) is 18.9 Å². The maximum absolute atomic E-state index is 11.6. The van der Waals surface area contributed by atoms with E-state index in [2.05, 4.69) is 10.1 Å². The summed E-state index contributed by atoms with van der Waals surface area (Å²) < 4.78 is 4.68. The Morgan fingerprint density at radius 1 is 1.32 bits per heavy atom. The number of esters is 1. The van der Waals surface area contributed by atoms with Gasteiger partial charge in [-0.1, -0.05) is 30.3 Å². The number of hydrogen-bond donors (Lipinski definition) is 2. The van der Waals surface area contributed by atoms with Gasteiger partial charge < -0.3 is 15.8 Å². The van der Waals surface area contributed by atoms with Crippen molar-refractivity contribution in [1.82, 2.24) is 5.32 Å². The minimum atomic E-state index is -0.670. The molecule has 1 atom stereocenters. The number of amides is 1. The van der Waals surface area contributed by atoms with Crippen molar-refractivity contribution in [1.29, 1.82) is 0 Å². The summed E-state index contributed by atoms with van der Waals surface area (Å²) in [5.74, 6) is -0.701. The molecular weight excluding hydrogens is 268 g/mol. The van der Waals surface area contributed by atoms with Crippen LogP contribution in [0.2, 0.25) is 0 Å². The number of carbonyl (C=O) groups is 2. The predicted octanol–water partition coefficient (Wildman–Crippen LogP) is 0.657. The molecule has 0 radical (unpaired) electrons. The summed E-state index contributed by atoms with van der Waals surface area (Å²) >= 11 is 0. The van der Waals surface area contributed by atoms with Gasteiger partial charge in [0.25, 0.3) is 0 Å². The van der Waals surface area contributed by atoms with Gasteiger partial charge in [-0.3, -0.25) is 4.79 Å². The smallest absolute Gasteiger partial charge is 0.328 e. The van der Waals surface area contributed by atoms with Crippen LogP contribution in [0.15, 0.2) is 30.3 Å². The molecule has 0 heterocycles. The van der Waals surface area contributed by atoms with E-state index < -0.39 is 12.0 Å². The zero-order chi connectivity index (χ0) is 13.4. The van der Waals surface area contributed by atoms with Crippen LogP contribution >= 0.6 is 12.4 Å². The first-order chi connectivity index (χ1) is 8.67. The van der Waals surface area contributed by atoms with Crippen molar-refractivity contribution in [2.24, 2.45) is 5.73 Å². The molecule has 1 unspecified atom stereocenters. The van der Waals surface area contributed by atoms with E-state index in [1.165, 1.54) is 7.11 Å². The average molecular weight is 287 g/mol. The molecule has 0 fully saturated rings. The Morgan fingerprint density at radius 2 is 1.95 bits per heavy atom. The Morgan fingerprint density at radius 3 is 2.47 bits per heavy atom. The number of nitrogens with one attached hydrogen (secondary N) is 1. The maximum atomic E-state index is 11.6. The van der Waals surface area contributed by atoms with E-state index in [9.17, 15) is 9.59 Å². The van der Waals surface area contributed by atoms with Crippen LogP contribution < -0.4 is 11.1 Å². The van der Waals surface area contributed by atoms with Gasteiger partial charge in [-0.05, 0) is 5.56 Å². The molecule has 6 heteroatoms. The van der Waals surface area contributed by atoms with Crippen molar-refractivity contribution in [3.05, 3.63) is 35.9 Å². The molecular formula is C13H19ClN2O3. The van der Waals surface area contributed by atoms with Gasteiger partial charge in [0.05, 0.1) is 7.11 Å². The largest absolute Gasteiger partial charge is 0.467 e. The van der Waals surface area contributed by atoms with Crippen LogP contribution in [-0.4, -0.2) is 31.6 Å². The van der Waals surface area contributed by atoms with E-state index in [0.29, 0.717) is 6.42 Å². The third-order valence-electron chi connectivity index (χ3n) is 2.47. The zero-order valence-electron chi connectivity index (χ0n) is 10.8. The molecule has 0 saturated heterocycles. The molecule has 106 valence electrons. The molecule has 0 saturated carbocycles. The second kappa shape index (κ2) is 9.35. The lowest BCUT2D eigenvalue weighted by molar-refractivity contribution is -0.145. The lowest BCUT2D eigenvalue weighted by Crippen LogP contribution is -2.43. The Bertz CT molecular complexity index is 398. The number of benzene rings is 1. The van der Waals surface area contributed by atoms with Gasteiger partial charge in [0.15, 0.2) is 0 Å². The van der Waals surface area contributed by atoms with Crippen LogP contribution in [0.1, 0.15) is 12.0 Å². The lowest BCUT2D eigenvalue weighted by Gasteiger charge is -2.16. The Kier molecular flexibility index (Phi) is 8.57. The van der Waals surface area contributed by atoms with Gasteiger partial charge in [0, 0.05) is 19.4 Å². The van der Waals surface area contributed by atoms with Gasteiger partial charge in [0.1, 0.15) is 6.04 Å². The van der Waals surface area contributed by atoms with Crippen molar-refractivity contribution >= 4 is 24.3 Å². The Hall–Kier alpha value is -1.59. The topological polar surface area (TPSA) is 81.4 Å². The SMILES string of the molecule is COC(=O)C(Cc1ccccc1)NC(=O)CCN.Cl. The number of halogens is 1. The lowest BCUT2D eigenvalue weighted by atomic mass is 10.1. The highest BCUT2D eigenvalue weighted by Crippen LogP contribution is 2.04. The molecule has 0 aliphatic carbocycles. The molecule has 0 aliphatic heterocycles. The molecule has 0 aliphatic rings. The van der Waals surface area contributed by atoms with Gasteiger partial charge in [0.2, 0.25) is 5.91 Å².